The predicted molar refractivity (Wildman–Crippen MR) is 115 cm³/mol. The van der Waals surface area contributed by atoms with Gasteiger partial charge in [-0.1, -0.05) is 6.92 Å². The summed E-state index contributed by atoms with van der Waals surface area (Å²) in [4.78, 5) is 31.8. The Hall–Kier alpha value is -1.06. The van der Waals surface area contributed by atoms with E-state index in [1.165, 1.54) is 0 Å². The third-order valence-electron chi connectivity index (χ3n) is 5.30. The van der Waals surface area contributed by atoms with Crippen LogP contribution in [0.2, 0.25) is 0 Å². The van der Waals surface area contributed by atoms with E-state index >= 15 is 0 Å². The van der Waals surface area contributed by atoms with Crippen LogP contribution < -0.4 is 11.1 Å². The SMILES string of the molecule is CCC(CCNC(=NC)N1CCCC(CC(N)=O)C1)N1CCCC1=O.I. The van der Waals surface area contributed by atoms with Gasteiger partial charge in [0, 0.05) is 52.1 Å². The standard InChI is InChI=1S/C18H33N5O2.HI/c1-3-15(23-11-5-7-17(23)25)8-9-21-18(20-2)22-10-4-6-14(13-22)12-16(19)24;/h14-15H,3-13H2,1-2H3,(H2,19,24)(H,20,21);1H. The summed E-state index contributed by atoms with van der Waals surface area (Å²) in [6.45, 7) is 5.62. The van der Waals surface area contributed by atoms with Gasteiger partial charge in [0.2, 0.25) is 11.8 Å². The monoisotopic (exact) mass is 479 g/mol. The molecule has 0 saturated carbocycles. The number of carbonyl (C=O) groups excluding carboxylic acids is 2. The van der Waals surface area contributed by atoms with Crippen LogP contribution in [0.25, 0.3) is 0 Å². The topological polar surface area (TPSA) is 91.0 Å². The largest absolute Gasteiger partial charge is 0.370 e. The molecule has 2 unspecified atom stereocenters. The van der Waals surface area contributed by atoms with Gasteiger partial charge in [0.15, 0.2) is 5.96 Å². The fourth-order valence-corrected chi connectivity index (χ4v) is 4.03. The molecule has 0 spiro atoms. The summed E-state index contributed by atoms with van der Waals surface area (Å²) in [5.41, 5.74) is 5.34. The second-order valence-electron chi connectivity index (χ2n) is 7.14. The molecule has 3 N–H and O–H groups in total. The molecule has 0 aromatic carbocycles. The van der Waals surface area contributed by atoms with Gasteiger partial charge in [-0.2, -0.15) is 0 Å². The van der Waals surface area contributed by atoms with Gasteiger partial charge >= 0.3 is 0 Å². The number of rotatable bonds is 7. The van der Waals surface area contributed by atoms with E-state index in [2.05, 4.69) is 22.1 Å². The van der Waals surface area contributed by atoms with E-state index in [1.54, 1.807) is 7.05 Å². The van der Waals surface area contributed by atoms with Gasteiger partial charge in [-0.3, -0.25) is 14.6 Å². The van der Waals surface area contributed by atoms with Gasteiger partial charge in [0.05, 0.1) is 0 Å². The summed E-state index contributed by atoms with van der Waals surface area (Å²) in [7, 11) is 1.79. The summed E-state index contributed by atoms with van der Waals surface area (Å²) in [5, 5.41) is 3.44. The van der Waals surface area contributed by atoms with Gasteiger partial charge in [-0.15, -0.1) is 24.0 Å². The number of halogens is 1. The number of amides is 2. The Balaban J connectivity index is 0.00000338. The average Bonchev–Trinajstić information content (AvgIpc) is 3.01. The summed E-state index contributed by atoms with van der Waals surface area (Å²) in [6.07, 6.45) is 6.14. The molecule has 2 aliphatic heterocycles. The lowest BCUT2D eigenvalue weighted by atomic mass is 9.95. The van der Waals surface area contributed by atoms with Crippen molar-refractivity contribution in [1.82, 2.24) is 15.1 Å². The van der Waals surface area contributed by atoms with Gasteiger partial charge in [-0.05, 0) is 38.0 Å². The zero-order valence-electron chi connectivity index (χ0n) is 16.1. The maximum Gasteiger partial charge on any atom is 0.222 e. The van der Waals surface area contributed by atoms with Gasteiger partial charge < -0.3 is 20.9 Å². The lowest BCUT2D eigenvalue weighted by molar-refractivity contribution is -0.129. The van der Waals surface area contributed by atoms with Crippen LogP contribution >= 0.6 is 24.0 Å². The van der Waals surface area contributed by atoms with Crippen molar-refractivity contribution in [2.45, 2.75) is 57.9 Å². The molecule has 0 aromatic rings. The van der Waals surface area contributed by atoms with Crippen LogP contribution in [0.5, 0.6) is 0 Å². The fraction of sp³-hybridized carbons (Fsp3) is 0.833. The van der Waals surface area contributed by atoms with E-state index in [4.69, 9.17) is 5.73 Å². The van der Waals surface area contributed by atoms with Crippen LogP contribution in [0.15, 0.2) is 4.99 Å². The van der Waals surface area contributed by atoms with Crippen LogP contribution in [-0.2, 0) is 9.59 Å². The van der Waals surface area contributed by atoms with Crippen molar-refractivity contribution in [2.24, 2.45) is 16.6 Å². The van der Waals surface area contributed by atoms with Crippen molar-refractivity contribution in [3.8, 4) is 0 Å². The molecule has 2 rings (SSSR count). The fourth-order valence-electron chi connectivity index (χ4n) is 4.03. The smallest absolute Gasteiger partial charge is 0.222 e. The Morgan fingerprint density at radius 3 is 2.73 bits per heavy atom. The maximum atomic E-state index is 11.9. The first-order valence-corrected chi connectivity index (χ1v) is 9.58. The number of carbonyl (C=O) groups is 2. The number of nitrogens with two attached hydrogens (primary N) is 1. The van der Waals surface area contributed by atoms with Crippen LogP contribution in [0.3, 0.4) is 0 Å². The number of nitrogens with one attached hydrogen (secondary N) is 1. The second kappa shape index (κ2) is 11.6. The highest BCUT2D eigenvalue weighted by atomic mass is 127. The molecule has 7 nitrogen and oxygen atoms in total. The minimum atomic E-state index is -0.226. The highest BCUT2D eigenvalue weighted by Gasteiger charge is 2.27. The van der Waals surface area contributed by atoms with Crippen molar-refractivity contribution in [2.75, 3.05) is 33.2 Å². The normalized spacial score (nSPS) is 22.2. The Morgan fingerprint density at radius 2 is 2.15 bits per heavy atom. The molecule has 0 radical (unpaired) electrons. The first-order valence-electron chi connectivity index (χ1n) is 9.58. The molecule has 2 amide bonds. The van der Waals surface area contributed by atoms with E-state index < -0.39 is 0 Å². The molecule has 0 bridgehead atoms. The zero-order chi connectivity index (χ0) is 18.2. The number of guanidine groups is 1. The lowest BCUT2D eigenvalue weighted by Gasteiger charge is -2.35. The third kappa shape index (κ3) is 6.59. The first kappa shape index (κ1) is 23.0. The van der Waals surface area contributed by atoms with Crippen LogP contribution in [0.1, 0.15) is 51.9 Å². The molecular formula is C18H34IN5O2. The molecule has 8 heteroatoms. The molecule has 2 heterocycles. The minimum absolute atomic E-state index is 0. The third-order valence-corrected chi connectivity index (χ3v) is 5.30. The highest BCUT2D eigenvalue weighted by Crippen LogP contribution is 2.20. The molecule has 0 aromatic heterocycles. The number of piperidine rings is 1. The van der Waals surface area contributed by atoms with Gasteiger partial charge in [-0.25, -0.2) is 0 Å². The van der Waals surface area contributed by atoms with Crippen LogP contribution in [-0.4, -0.2) is 66.8 Å². The van der Waals surface area contributed by atoms with E-state index in [1.807, 2.05) is 4.90 Å². The number of nitrogens with zero attached hydrogens (tertiary/aromatic N) is 3. The molecule has 2 aliphatic rings. The Bertz CT molecular complexity index is 500. The van der Waals surface area contributed by atoms with Crippen molar-refractivity contribution in [3.05, 3.63) is 0 Å². The number of hydrogen-bond donors (Lipinski definition) is 2. The van der Waals surface area contributed by atoms with Crippen molar-refractivity contribution >= 4 is 41.8 Å². The molecule has 2 fully saturated rings. The van der Waals surface area contributed by atoms with Crippen molar-refractivity contribution in [1.29, 1.82) is 0 Å². The highest BCUT2D eigenvalue weighted by molar-refractivity contribution is 14.0. The van der Waals surface area contributed by atoms with E-state index in [0.29, 0.717) is 30.7 Å². The van der Waals surface area contributed by atoms with Gasteiger partial charge in [0.25, 0.3) is 0 Å². The lowest BCUT2D eigenvalue weighted by Crippen LogP contribution is -2.48. The number of likely N-dealkylation sites (tertiary alicyclic amines) is 2. The van der Waals surface area contributed by atoms with Gasteiger partial charge in [0.1, 0.15) is 0 Å². The van der Waals surface area contributed by atoms with Crippen LogP contribution in [0.4, 0.5) is 0 Å². The molecule has 150 valence electrons. The Kier molecular flexibility index (Phi) is 10.3. The second-order valence-corrected chi connectivity index (χ2v) is 7.14. The van der Waals surface area contributed by atoms with Crippen molar-refractivity contribution in [3.63, 3.8) is 0 Å². The Labute approximate surface area is 174 Å². The molecule has 0 aliphatic carbocycles. The molecule has 26 heavy (non-hydrogen) atoms. The predicted octanol–water partition coefficient (Wildman–Crippen LogP) is 1.56. The summed E-state index contributed by atoms with van der Waals surface area (Å²) < 4.78 is 0. The molecular weight excluding hydrogens is 445 g/mol. The Morgan fingerprint density at radius 1 is 1.38 bits per heavy atom. The van der Waals surface area contributed by atoms with Crippen molar-refractivity contribution < 1.29 is 9.59 Å². The molecule has 2 atom stereocenters. The van der Waals surface area contributed by atoms with E-state index in [0.717, 1.165) is 64.2 Å². The number of primary amides is 1. The first-order chi connectivity index (χ1) is 12.0. The zero-order valence-corrected chi connectivity index (χ0v) is 18.4. The van der Waals surface area contributed by atoms with E-state index in [-0.39, 0.29) is 29.9 Å². The summed E-state index contributed by atoms with van der Waals surface area (Å²) in [5.74, 6) is 1.27. The number of hydrogen-bond acceptors (Lipinski definition) is 3. The minimum Gasteiger partial charge on any atom is -0.370 e. The molecule has 2 saturated heterocycles. The van der Waals surface area contributed by atoms with E-state index in [9.17, 15) is 9.59 Å². The summed E-state index contributed by atoms with van der Waals surface area (Å²) >= 11 is 0. The average molecular weight is 479 g/mol. The number of aliphatic imine (C=N–C) groups is 1. The maximum absolute atomic E-state index is 11.9. The van der Waals surface area contributed by atoms with Crippen LogP contribution in [0, 0.1) is 5.92 Å². The quantitative estimate of drug-likeness (QED) is 0.330. The summed E-state index contributed by atoms with van der Waals surface area (Å²) in [6, 6.07) is 0.310.